The van der Waals surface area contributed by atoms with Crippen molar-refractivity contribution in [3.8, 4) is 0 Å². The predicted octanol–water partition coefficient (Wildman–Crippen LogP) is 2.61. The Balaban J connectivity index is 1.83. The summed E-state index contributed by atoms with van der Waals surface area (Å²) >= 11 is 1.48. The van der Waals surface area contributed by atoms with Crippen molar-refractivity contribution in [3.63, 3.8) is 0 Å². The van der Waals surface area contributed by atoms with Crippen LogP contribution in [-0.4, -0.2) is 28.3 Å². The van der Waals surface area contributed by atoms with Crippen molar-refractivity contribution < 1.29 is 9.53 Å². The zero-order valence-corrected chi connectivity index (χ0v) is 10.9. The van der Waals surface area contributed by atoms with Crippen LogP contribution in [0.2, 0.25) is 0 Å². The molecule has 0 amide bonds. The summed E-state index contributed by atoms with van der Waals surface area (Å²) in [5.41, 5.74) is 1.93. The minimum Gasteiger partial charge on any atom is -0.468 e. The molecule has 1 N–H and O–H groups in total. The normalized spacial score (nSPS) is 16.7. The van der Waals surface area contributed by atoms with E-state index in [9.17, 15) is 4.79 Å². The molecule has 2 aromatic rings. The molecule has 1 saturated carbocycles. The third-order valence-corrected chi connectivity index (χ3v) is 4.34. The molecule has 0 saturated heterocycles. The largest absolute Gasteiger partial charge is 0.468 e. The molecule has 0 aliphatic heterocycles. The number of H-pyrrole nitrogens is 1. The highest BCUT2D eigenvalue weighted by Crippen LogP contribution is 2.41. The molecule has 1 aliphatic carbocycles. The molecule has 4 nitrogen and oxygen atoms in total. The van der Waals surface area contributed by atoms with Gasteiger partial charge < -0.3 is 9.72 Å². The molecule has 0 spiro atoms. The number of carbonyl (C=O) groups excluding carboxylic acids is 1. The molecule has 1 aromatic heterocycles. The van der Waals surface area contributed by atoms with E-state index in [4.69, 9.17) is 4.74 Å². The van der Waals surface area contributed by atoms with Crippen LogP contribution < -0.4 is 0 Å². The third-order valence-electron chi connectivity index (χ3n) is 3.09. The van der Waals surface area contributed by atoms with Crippen LogP contribution in [0.1, 0.15) is 12.8 Å². The van der Waals surface area contributed by atoms with E-state index in [-0.39, 0.29) is 11.2 Å². The molecule has 1 fully saturated rings. The highest BCUT2D eigenvalue weighted by atomic mass is 32.2. The lowest BCUT2D eigenvalue weighted by molar-refractivity contribution is -0.140. The highest BCUT2D eigenvalue weighted by Gasteiger charge is 2.38. The number of para-hydroxylation sites is 2. The Labute approximate surface area is 109 Å². The number of hydrogen-bond donors (Lipinski definition) is 1. The second-order valence-electron chi connectivity index (χ2n) is 4.46. The van der Waals surface area contributed by atoms with Crippen LogP contribution in [-0.2, 0) is 9.53 Å². The highest BCUT2D eigenvalue weighted by molar-refractivity contribution is 8.00. The van der Waals surface area contributed by atoms with Crippen molar-refractivity contribution in [2.75, 3.05) is 7.11 Å². The van der Waals surface area contributed by atoms with Crippen LogP contribution in [0.3, 0.4) is 0 Å². The number of rotatable bonds is 4. The number of esters is 1. The lowest BCUT2D eigenvalue weighted by Crippen LogP contribution is -2.21. The van der Waals surface area contributed by atoms with Gasteiger partial charge in [-0.15, -0.1) is 0 Å². The second kappa shape index (κ2) is 4.65. The summed E-state index contributed by atoms with van der Waals surface area (Å²) in [6.45, 7) is 0. The predicted molar refractivity (Wildman–Crippen MR) is 70.5 cm³/mol. The molecule has 1 heterocycles. The van der Waals surface area contributed by atoms with Gasteiger partial charge in [-0.2, -0.15) is 0 Å². The first-order valence-corrected chi connectivity index (χ1v) is 6.85. The smallest absolute Gasteiger partial charge is 0.319 e. The van der Waals surface area contributed by atoms with Gasteiger partial charge >= 0.3 is 5.97 Å². The van der Waals surface area contributed by atoms with Crippen LogP contribution in [0, 0.1) is 5.92 Å². The number of carbonyl (C=O) groups is 1. The molecule has 1 aromatic carbocycles. The summed E-state index contributed by atoms with van der Waals surface area (Å²) in [6.07, 6.45) is 2.21. The number of hydrogen-bond acceptors (Lipinski definition) is 4. The summed E-state index contributed by atoms with van der Waals surface area (Å²) < 4.78 is 4.86. The third kappa shape index (κ3) is 2.22. The van der Waals surface area contributed by atoms with E-state index < -0.39 is 0 Å². The van der Waals surface area contributed by atoms with Crippen LogP contribution in [0.4, 0.5) is 0 Å². The van der Waals surface area contributed by atoms with Crippen molar-refractivity contribution in [3.05, 3.63) is 24.3 Å². The Kier molecular flexibility index (Phi) is 2.99. The number of fused-ring (bicyclic) bond motifs is 1. The van der Waals surface area contributed by atoms with Crippen LogP contribution in [0.5, 0.6) is 0 Å². The molecule has 1 unspecified atom stereocenters. The summed E-state index contributed by atoms with van der Waals surface area (Å²) in [5, 5.41) is 0.661. The fourth-order valence-electron chi connectivity index (χ4n) is 1.96. The lowest BCUT2D eigenvalue weighted by atomic mass is 10.3. The minimum atomic E-state index is -0.150. The molecule has 18 heavy (non-hydrogen) atoms. The van der Waals surface area contributed by atoms with Crippen molar-refractivity contribution in [1.82, 2.24) is 9.97 Å². The Bertz CT molecular complexity index is 544. The number of nitrogens with zero attached hydrogens (tertiary/aromatic N) is 1. The van der Waals surface area contributed by atoms with Gasteiger partial charge in [0.2, 0.25) is 0 Å². The molecular weight excluding hydrogens is 248 g/mol. The molecule has 5 heteroatoms. The number of benzene rings is 1. The van der Waals surface area contributed by atoms with Crippen LogP contribution in [0.15, 0.2) is 29.4 Å². The maximum Gasteiger partial charge on any atom is 0.319 e. The quantitative estimate of drug-likeness (QED) is 0.679. The first kappa shape index (κ1) is 11.6. The van der Waals surface area contributed by atoms with Gasteiger partial charge in [0.05, 0.1) is 18.1 Å². The van der Waals surface area contributed by atoms with Crippen molar-refractivity contribution in [2.45, 2.75) is 23.2 Å². The second-order valence-corrected chi connectivity index (χ2v) is 5.59. The molecule has 94 valence electrons. The van der Waals surface area contributed by atoms with Gasteiger partial charge in [-0.05, 0) is 30.9 Å². The Hall–Kier alpha value is -1.49. The van der Waals surface area contributed by atoms with Gasteiger partial charge in [-0.1, -0.05) is 23.9 Å². The number of thioether (sulfide) groups is 1. The first-order valence-electron chi connectivity index (χ1n) is 5.97. The van der Waals surface area contributed by atoms with Gasteiger partial charge in [0.15, 0.2) is 5.16 Å². The van der Waals surface area contributed by atoms with Gasteiger partial charge in [-0.25, -0.2) is 4.98 Å². The van der Waals surface area contributed by atoms with Gasteiger partial charge in [-0.3, -0.25) is 4.79 Å². The number of ether oxygens (including phenoxy) is 1. The van der Waals surface area contributed by atoms with Crippen LogP contribution in [0.25, 0.3) is 11.0 Å². The molecule has 0 radical (unpaired) electrons. The fraction of sp³-hybridized carbons (Fsp3) is 0.385. The Morgan fingerprint density at radius 3 is 2.94 bits per heavy atom. The molecule has 1 aliphatic rings. The van der Waals surface area contributed by atoms with Gasteiger partial charge in [0.25, 0.3) is 0 Å². The van der Waals surface area contributed by atoms with E-state index in [1.807, 2.05) is 24.3 Å². The Morgan fingerprint density at radius 1 is 1.50 bits per heavy atom. The molecule has 3 rings (SSSR count). The summed E-state index contributed by atoms with van der Waals surface area (Å²) in [7, 11) is 1.44. The maximum absolute atomic E-state index is 11.7. The number of aromatic nitrogens is 2. The zero-order valence-electron chi connectivity index (χ0n) is 10.1. The van der Waals surface area contributed by atoms with E-state index in [1.54, 1.807) is 0 Å². The summed E-state index contributed by atoms with van der Waals surface area (Å²) in [6, 6.07) is 7.86. The zero-order chi connectivity index (χ0) is 12.5. The summed E-state index contributed by atoms with van der Waals surface area (Å²) in [4.78, 5) is 19.4. The van der Waals surface area contributed by atoms with Crippen molar-refractivity contribution >= 4 is 28.8 Å². The molecular formula is C13H14N2O2S. The molecule has 1 atom stereocenters. The van der Waals surface area contributed by atoms with Crippen molar-refractivity contribution in [2.24, 2.45) is 5.92 Å². The number of aromatic amines is 1. The number of imidazole rings is 1. The van der Waals surface area contributed by atoms with E-state index in [2.05, 4.69) is 9.97 Å². The number of methoxy groups -OCH3 is 1. The topological polar surface area (TPSA) is 55.0 Å². The Morgan fingerprint density at radius 2 is 2.28 bits per heavy atom. The average Bonchev–Trinajstić information content (AvgIpc) is 3.14. The first-order chi connectivity index (χ1) is 8.78. The van der Waals surface area contributed by atoms with E-state index in [0.29, 0.717) is 5.92 Å². The summed E-state index contributed by atoms with van der Waals surface area (Å²) in [5.74, 6) is 0.290. The minimum absolute atomic E-state index is 0.129. The van der Waals surface area contributed by atoms with Crippen molar-refractivity contribution in [1.29, 1.82) is 0 Å². The maximum atomic E-state index is 11.7. The van der Waals surface area contributed by atoms with Gasteiger partial charge in [0, 0.05) is 0 Å². The average molecular weight is 262 g/mol. The van der Waals surface area contributed by atoms with Crippen LogP contribution >= 0.6 is 11.8 Å². The standard InChI is InChI=1S/C13H14N2O2S/c1-17-12(16)11(8-6-7-8)18-13-14-9-4-2-3-5-10(9)15-13/h2-5,8,11H,6-7H2,1H3,(H,14,15). The van der Waals surface area contributed by atoms with E-state index >= 15 is 0 Å². The SMILES string of the molecule is COC(=O)C(Sc1nc2ccccc2[nH]1)C1CC1. The monoisotopic (exact) mass is 262 g/mol. The van der Waals surface area contributed by atoms with E-state index in [0.717, 1.165) is 29.0 Å². The van der Waals surface area contributed by atoms with E-state index in [1.165, 1.54) is 18.9 Å². The number of nitrogens with one attached hydrogen (secondary N) is 1. The fourth-order valence-corrected chi connectivity index (χ4v) is 3.17. The lowest BCUT2D eigenvalue weighted by Gasteiger charge is -2.10. The van der Waals surface area contributed by atoms with Gasteiger partial charge in [0.1, 0.15) is 5.25 Å². The molecule has 0 bridgehead atoms.